The summed E-state index contributed by atoms with van der Waals surface area (Å²) < 4.78 is 5.74. The maximum Gasteiger partial charge on any atom is 0.227 e. The van der Waals surface area contributed by atoms with E-state index in [0.717, 1.165) is 45.4 Å². The zero-order valence-corrected chi connectivity index (χ0v) is 13.4. The van der Waals surface area contributed by atoms with Crippen molar-refractivity contribution in [3.05, 3.63) is 0 Å². The van der Waals surface area contributed by atoms with Crippen molar-refractivity contribution >= 4 is 5.91 Å². The van der Waals surface area contributed by atoms with Crippen molar-refractivity contribution in [1.29, 1.82) is 0 Å². The Labute approximate surface area is 123 Å². The number of hydrogen-bond acceptors (Lipinski definition) is 3. The van der Waals surface area contributed by atoms with E-state index in [9.17, 15) is 4.79 Å². The van der Waals surface area contributed by atoms with Gasteiger partial charge in [0.2, 0.25) is 5.91 Å². The molecule has 1 saturated heterocycles. The normalized spacial score (nSPS) is 35.6. The lowest BCUT2D eigenvalue weighted by atomic mass is 9.64. The van der Waals surface area contributed by atoms with E-state index in [1.807, 2.05) is 6.92 Å². The molecule has 0 spiro atoms. The molecule has 1 amide bonds. The van der Waals surface area contributed by atoms with E-state index in [-0.39, 0.29) is 28.9 Å². The van der Waals surface area contributed by atoms with Gasteiger partial charge in [0.15, 0.2) is 0 Å². The fraction of sp³-hybridized carbons (Fsp3) is 0.938. The summed E-state index contributed by atoms with van der Waals surface area (Å²) in [6.07, 6.45) is 4.23. The maximum atomic E-state index is 12.7. The third kappa shape index (κ3) is 2.73. The lowest BCUT2D eigenvalue weighted by Gasteiger charge is -2.52. The van der Waals surface area contributed by atoms with E-state index in [2.05, 4.69) is 31.4 Å². The van der Waals surface area contributed by atoms with Crippen LogP contribution in [0.15, 0.2) is 0 Å². The van der Waals surface area contributed by atoms with Gasteiger partial charge in [-0.25, -0.2) is 0 Å². The summed E-state index contributed by atoms with van der Waals surface area (Å²) in [5.74, 6) is 0.248. The largest absolute Gasteiger partial charge is 0.378 e. The van der Waals surface area contributed by atoms with E-state index in [1.165, 1.54) is 0 Å². The Kier molecular flexibility index (Phi) is 4.75. The molecule has 0 bridgehead atoms. The Morgan fingerprint density at radius 2 is 2.15 bits per heavy atom. The third-order valence-corrected chi connectivity index (χ3v) is 5.30. The monoisotopic (exact) mass is 282 g/mol. The first-order valence-corrected chi connectivity index (χ1v) is 8.09. The quantitative estimate of drug-likeness (QED) is 0.784. The van der Waals surface area contributed by atoms with Gasteiger partial charge < -0.3 is 15.4 Å². The van der Waals surface area contributed by atoms with Crippen LogP contribution in [0.4, 0.5) is 0 Å². The predicted octanol–water partition coefficient (Wildman–Crippen LogP) is 2.09. The van der Waals surface area contributed by atoms with Crippen LogP contribution in [0.1, 0.15) is 53.4 Å². The molecule has 0 radical (unpaired) electrons. The molecule has 0 aromatic carbocycles. The van der Waals surface area contributed by atoms with Crippen LogP contribution in [0, 0.1) is 10.8 Å². The lowest BCUT2D eigenvalue weighted by Crippen LogP contribution is -2.63. The summed E-state index contributed by atoms with van der Waals surface area (Å²) in [4.78, 5) is 12.7. The van der Waals surface area contributed by atoms with Gasteiger partial charge in [-0.2, -0.15) is 0 Å². The molecule has 0 aromatic rings. The van der Waals surface area contributed by atoms with Gasteiger partial charge >= 0.3 is 0 Å². The van der Waals surface area contributed by atoms with E-state index < -0.39 is 0 Å². The van der Waals surface area contributed by atoms with Gasteiger partial charge in [0, 0.05) is 24.6 Å². The molecule has 2 fully saturated rings. The minimum absolute atomic E-state index is 0.0467. The highest BCUT2D eigenvalue weighted by Crippen LogP contribution is 2.43. The van der Waals surface area contributed by atoms with Crippen LogP contribution < -0.4 is 10.6 Å². The minimum atomic E-state index is -0.179. The SMILES string of the molecule is CCCC1(C(=O)NC2CC(OCC)C2(C)C)CCNC1. The van der Waals surface area contributed by atoms with E-state index in [4.69, 9.17) is 4.74 Å². The summed E-state index contributed by atoms with van der Waals surface area (Å²) in [6, 6.07) is 0.251. The maximum absolute atomic E-state index is 12.7. The molecule has 3 unspecified atom stereocenters. The van der Waals surface area contributed by atoms with Crippen molar-refractivity contribution in [3.8, 4) is 0 Å². The molecule has 1 saturated carbocycles. The molecule has 0 aromatic heterocycles. The first kappa shape index (κ1) is 15.8. The Bertz CT molecular complexity index is 348. The van der Waals surface area contributed by atoms with Crippen LogP contribution >= 0.6 is 0 Å². The van der Waals surface area contributed by atoms with Crippen LogP contribution in [-0.2, 0) is 9.53 Å². The van der Waals surface area contributed by atoms with E-state index in [1.54, 1.807) is 0 Å². The van der Waals surface area contributed by atoms with Gasteiger partial charge in [-0.05, 0) is 32.7 Å². The van der Waals surface area contributed by atoms with Crippen molar-refractivity contribution < 1.29 is 9.53 Å². The van der Waals surface area contributed by atoms with Crippen LogP contribution in [-0.4, -0.2) is 37.7 Å². The van der Waals surface area contributed by atoms with Gasteiger partial charge in [-0.15, -0.1) is 0 Å². The number of rotatable bonds is 6. The summed E-state index contributed by atoms with van der Waals surface area (Å²) in [7, 11) is 0. The van der Waals surface area contributed by atoms with Gasteiger partial charge in [-0.1, -0.05) is 27.2 Å². The van der Waals surface area contributed by atoms with Crippen LogP contribution in [0.25, 0.3) is 0 Å². The number of nitrogens with one attached hydrogen (secondary N) is 2. The van der Waals surface area contributed by atoms with Crippen molar-refractivity contribution in [1.82, 2.24) is 10.6 Å². The van der Waals surface area contributed by atoms with Crippen molar-refractivity contribution in [2.75, 3.05) is 19.7 Å². The Hall–Kier alpha value is -0.610. The molecule has 2 N–H and O–H groups in total. The summed E-state index contributed by atoms with van der Waals surface area (Å²) >= 11 is 0. The van der Waals surface area contributed by atoms with Crippen molar-refractivity contribution in [2.24, 2.45) is 10.8 Å². The molecule has 4 heteroatoms. The lowest BCUT2D eigenvalue weighted by molar-refractivity contribution is -0.144. The third-order valence-electron chi connectivity index (χ3n) is 5.30. The Balaban J connectivity index is 1.95. The van der Waals surface area contributed by atoms with Crippen molar-refractivity contribution in [3.63, 3.8) is 0 Å². The molecule has 116 valence electrons. The zero-order valence-electron chi connectivity index (χ0n) is 13.4. The summed E-state index contributed by atoms with van der Waals surface area (Å²) in [5, 5.41) is 6.66. The number of ether oxygens (including phenoxy) is 1. The highest BCUT2D eigenvalue weighted by atomic mass is 16.5. The predicted molar refractivity (Wildman–Crippen MR) is 80.6 cm³/mol. The van der Waals surface area contributed by atoms with Gasteiger partial charge in [-0.3, -0.25) is 4.79 Å². The zero-order chi connectivity index (χ0) is 14.8. The molecule has 4 nitrogen and oxygen atoms in total. The smallest absolute Gasteiger partial charge is 0.227 e. The molecule has 1 aliphatic heterocycles. The second-order valence-corrected chi connectivity index (χ2v) is 6.98. The number of carbonyl (C=O) groups is 1. The minimum Gasteiger partial charge on any atom is -0.378 e. The molecule has 3 atom stereocenters. The second-order valence-electron chi connectivity index (χ2n) is 6.98. The highest BCUT2D eigenvalue weighted by molar-refractivity contribution is 5.83. The van der Waals surface area contributed by atoms with Gasteiger partial charge in [0.25, 0.3) is 0 Å². The fourth-order valence-electron chi connectivity index (χ4n) is 3.67. The molecule has 20 heavy (non-hydrogen) atoms. The first-order chi connectivity index (χ1) is 9.46. The molecular formula is C16H30N2O2. The van der Waals surface area contributed by atoms with E-state index >= 15 is 0 Å². The number of carbonyl (C=O) groups excluding carboxylic acids is 1. The topological polar surface area (TPSA) is 50.4 Å². The van der Waals surface area contributed by atoms with Gasteiger partial charge in [0.1, 0.15) is 0 Å². The molecular weight excluding hydrogens is 252 g/mol. The number of hydrogen-bond donors (Lipinski definition) is 2. The molecule has 1 aliphatic carbocycles. The fourth-order valence-corrected chi connectivity index (χ4v) is 3.67. The average molecular weight is 282 g/mol. The Morgan fingerprint density at radius 3 is 2.65 bits per heavy atom. The molecule has 2 rings (SSSR count). The second kappa shape index (κ2) is 6.02. The summed E-state index contributed by atoms with van der Waals surface area (Å²) in [5.41, 5.74) is -0.132. The highest BCUT2D eigenvalue weighted by Gasteiger charge is 2.51. The van der Waals surface area contributed by atoms with Crippen LogP contribution in [0.3, 0.4) is 0 Å². The van der Waals surface area contributed by atoms with Crippen LogP contribution in [0.2, 0.25) is 0 Å². The molecule has 2 aliphatic rings. The van der Waals surface area contributed by atoms with E-state index in [0.29, 0.717) is 0 Å². The first-order valence-electron chi connectivity index (χ1n) is 8.09. The number of amides is 1. The summed E-state index contributed by atoms with van der Waals surface area (Å²) in [6.45, 7) is 11.1. The van der Waals surface area contributed by atoms with Gasteiger partial charge in [0.05, 0.1) is 11.5 Å². The average Bonchev–Trinajstić information content (AvgIpc) is 2.88. The Morgan fingerprint density at radius 1 is 1.40 bits per heavy atom. The van der Waals surface area contributed by atoms with Crippen LogP contribution in [0.5, 0.6) is 0 Å². The standard InChI is InChI=1S/C16H30N2O2/c1-5-7-16(8-9-17-11-16)14(19)18-12-10-13(20-6-2)15(12,3)4/h12-13,17H,5-11H2,1-4H3,(H,18,19). The molecule has 1 heterocycles. The van der Waals surface area contributed by atoms with Crippen molar-refractivity contribution in [2.45, 2.75) is 65.5 Å².